The molecule has 3 rings (SSSR count). The highest BCUT2D eigenvalue weighted by atomic mass is 127. The molecule has 3 aliphatic rings. The molecule has 0 bridgehead atoms. The zero-order chi connectivity index (χ0) is 17.6. The molecule has 9 nitrogen and oxygen atoms in total. The summed E-state index contributed by atoms with van der Waals surface area (Å²) in [7, 11) is 0. The number of rotatable bonds is 5. The van der Waals surface area contributed by atoms with E-state index >= 15 is 0 Å². The number of nitrogens with zero attached hydrogens (tertiary/aromatic N) is 3. The van der Waals surface area contributed by atoms with Gasteiger partial charge in [0.05, 0.1) is 32.3 Å². The molecule has 0 radical (unpaired) electrons. The molecule has 26 heavy (non-hydrogen) atoms. The number of guanidine groups is 1. The first-order chi connectivity index (χ1) is 12.2. The molecule has 3 aliphatic heterocycles. The Kier molecular flexibility index (Phi) is 8.35. The van der Waals surface area contributed by atoms with E-state index < -0.39 is 0 Å². The van der Waals surface area contributed by atoms with Gasteiger partial charge < -0.3 is 25.0 Å². The summed E-state index contributed by atoms with van der Waals surface area (Å²) in [5.74, 6) is 0.593. The highest BCUT2D eigenvalue weighted by molar-refractivity contribution is 14.0. The van der Waals surface area contributed by atoms with Crippen molar-refractivity contribution in [2.24, 2.45) is 4.99 Å². The summed E-state index contributed by atoms with van der Waals surface area (Å²) < 4.78 is 11.6. The van der Waals surface area contributed by atoms with E-state index in [9.17, 15) is 9.59 Å². The summed E-state index contributed by atoms with van der Waals surface area (Å²) in [5, 5.41) is 5.80. The van der Waals surface area contributed by atoms with Crippen LogP contribution in [0.4, 0.5) is 4.79 Å². The zero-order valence-corrected chi connectivity index (χ0v) is 17.4. The maximum Gasteiger partial charge on any atom is 0.324 e. The number of carbonyl (C=O) groups excluding carboxylic acids is 2. The summed E-state index contributed by atoms with van der Waals surface area (Å²) in [4.78, 5) is 31.2. The molecule has 0 aliphatic carbocycles. The molecular formula is C16H28IN5O4. The Morgan fingerprint density at radius 2 is 2.12 bits per heavy atom. The van der Waals surface area contributed by atoms with E-state index in [1.807, 2.05) is 6.92 Å². The fraction of sp³-hybridized carbons (Fsp3) is 0.812. The minimum Gasteiger partial charge on any atom is -0.375 e. The lowest BCUT2D eigenvalue weighted by Gasteiger charge is -2.37. The summed E-state index contributed by atoms with van der Waals surface area (Å²) in [6.07, 6.45) is 2.35. The predicted octanol–water partition coefficient (Wildman–Crippen LogP) is 0.00150. The Hall–Kier alpha value is -1.14. The second-order valence-corrected chi connectivity index (χ2v) is 6.35. The van der Waals surface area contributed by atoms with Gasteiger partial charge in [0.1, 0.15) is 6.10 Å². The van der Waals surface area contributed by atoms with Gasteiger partial charge in [-0.15, -0.1) is 24.0 Å². The summed E-state index contributed by atoms with van der Waals surface area (Å²) >= 11 is 0. The number of carbonyl (C=O) groups is 2. The SMILES string of the molecule is CCNC(=NCCN1C(=O)CNC1=O)N1CCOC(C2CCCO2)C1.I. The van der Waals surface area contributed by atoms with Crippen molar-refractivity contribution in [1.29, 1.82) is 0 Å². The van der Waals surface area contributed by atoms with Crippen LogP contribution in [0.25, 0.3) is 0 Å². The van der Waals surface area contributed by atoms with Crippen LogP contribution in [0.2, 0.25) is 0 Å². The quantitative estimate of drug-likeness (QED) is 0.249. The van der Waals surface area contributed by atoms with Gasteiger partial charge in [0, 0.05) is 26.2 Å². The van der Waals surface area contributed by atoms with Crippen molar-refractivity contribution in [2.75, 3.05) is 52.5 Å². The first kappa shape index (κ1) is 21.2. The molecule has 2 unspecified atom stereocenters. The third-order valence-corrected chi connectivity index (χ3v) is 4.63. The Morgan fingerprint density at radius 1 is 1.31 bits per heavy atom. The highest BCUT2D eigenvalue weighted by Gasteiger charge is 2.32. The van der Waals surface area contributed by atoms with Crippen molar-refractivity contribution < 1.29 is 19.1 Å². The second kappa shape index (κ2) is 10.3. The number of urea groups is 1. The van der Waals surface area contributed by atoms with Gasteiger partial charge in [0.2, 0.25) is 5.91 Å². The Balaban J connectivity index is 0.00000243. The average Bonchev–Trinajstić information content (AvgIpc) is 3.26. The molecule has 148 valence electrons. The lowest BCUT2D eigenvalue weighted by molar-refractivity contribution is -0.124. The first-order valence-corrected chi connectivity index (χ1v) is 9.03. The van der Waals surface area contributed by atoms with Gasteiger partial charge in [-0.3, -0.25) is 14.7 Å². The molecule has 3 fully saturated rings. The van der Waals surface area contributed by atoms with Crippen LogP contribution in [-0.2, 0) is 14.3 Å². The maximum atomic E-state index is 11.6. The number of ether oxygens (including phenoxy) is 2. The molecule has 2 N–H and O–H groups in total. The minimum absolute atomic E-state index is 0. The fourth-order valence-corrected chi connectivity index (χ4v) is 3.35. The minimum atomic E-state index is -0.338. The number of morpholine rings is 1. The lowest BCUT2D eigenvalue weighted by atomic mass is 10.1. The van der Waals surface area contributed by atoms with E-state index in [2.05, 4.69) is 20.5 Å². The molecule has 2 atom stereocenters. The van der Waals surface area contributed by atoms with Gasteiger partial charge in [0.25, 0.3) is 0 Å². The third kappa shape index (κ3) is 5.19. The third-order valence-electron chi connectivity index (χ3n) is 4.63. The van der Waals surface area contributed by atoms with E-state index in [0.29, 0.717) is 19.7 Å². The van der Waals surface area contributed by atoms with Crippen LogP contribution in [0.1, 0.15) is 19.8 Å². The van der Waals surface area contributed by atoms with Gasteiger partial charge >= 0.3 is 6.03 Å². The Labute approximate surface area is 170 Å². The summed E-state index contributed by atoms with van der Waals surface area (Å²) in [5.41, 5.74) is 0. The topological polar surface area (TPSA) is 95.5 Å². The van der Waals surface area contributed by atoms with Crippen LogP contribution in [0.15, 0.2) is 4.99 Å². The van der Waals surface area contributed by atoms with E-state index in [1.165, 1.54) is 4.90 Å². The van der Waals surface area contributed by atoms with E-state index in [0.717, 1.165) is 45.0 Å². The van der Waals surface area contributed by atoms with Crippen molar-refractivity contribution in [1.82, 2.24) is 20.4 Å². The number of imide groups is 1. The molecule has 0 aromatic rings. The lowest BCUT2D eigenvalue weighted by Crippen LogP contribution is -2.53. The molecule has 0 saturated carbocycles. The van der Waals surface area contributed by atoms with E-state index in [-0.39, 0.29) is 54.7 Å². The smallest absolute Gasteiger partial charge is 0.324 e. The van der Waals surface area contributed by atoms with Crippen molar-refractivity contribution in [2.45, 2.75) is 32.0 Å². The summed E-state index contributed by atoms with van der Waals surface area (Å²) in [6.45, 7) is 6.47. The largest absolute Gasteiger partial charge is 0.375 e. The van der Waals surface area contributed by atoms with Crippen LogP contribution in [0.3, 0.4) is 0 Å². The van der Waals surface area contributed by atoms with Crippen molar-refractivity contribution in [3.05, 3.63) is 0 Å². The van der Waals surface area contributed by atoms with Gasteiger partial charge in [-0.1, -0.05) is 0 Å². The average molecular weight is 481 g/mol. The van der Waals surface area contributed by atoms with Crippen LogP contribution < -0.4 is 10.6 Å². The summed E-state index contributed by atoms with van der Waals surface area (Å²) in [6, 6.07) is -0.338. The Morgan fingerprint density at radius 3 is 2.77 bits per heavy atom. The first-order valence-electron chi connectivity index (χ1n) is 9.03. The number of halogens is 1. The van der Waals surface area contributed by atoms with Gasteiger partial charge in [-0.25, -0.2) is 4.79 Å². The van der Waals surface area contributed by atoms with Crippen LogP contribution in [0, 0.1) is 0 Å². The molecule has 3 heterocycles. The number of nitrogens with one attached hydrogen (secondary N) is 2. The van der Waals surface area contributed by atoms with Gasteiger partial charge in [-0.2, -0.15) is 0 Å². The van der Waals surface area contributed by atoms with Crippen molar-refractivity contribution in [3.63, 3.8) is 0 Å². The second-order valence-electron chi connectivity index (χ2n) is 6.35. The molecular weight excluding hydrogens is 453 g/mol. The molecule has 0 aromatic heterocycles. The number of amides is 3. The number of hydrogen-bond acceptors (Lipinski definition) is 5. The monoisotopic (exact) mass is 481 g/mol. The predicted molar refractivity (Wildman–Crippen MR) is 107 cm³/mol. The molecule has 3 saturated heterocycles. The zero-order valence-electron chi connectivity index (χ0n) is 15.1. The Bertz CT molecular complexity index is 511. The van der Waals surface area contributed by atoms with Crippen molar-refractivity contribution in [3.8, 4) is 0 Å². The molecule has 10 heteroatoms. The maximum absolute atomic E-state index is 11.6. The van der Waals surface area contributed by atoms with Gasteiger partial charge in [-0.05, 0) is 19.8 Å². The molecule has 0 spiro atoms. The number of aliphatic imine (C=N–C) groups is 1. The van der Waals surface area contributed by atoms with E-state index in [4.69, 9.17) is 9.47 Å². The van der Waals surface area contributed by atoms with E-state index in [1.54, 1.807) is 0 Å². The van der Waals surface area contributed by atoms with Crippen LogP contribution >= 0.6 is 24.0 Å². The van der Waals surface area contributed by atoms with Gasteiger partial charge in [0.15, 0.2) is 5.96 Å². The van der Waals surface area contributed by atoms with Crippen LogP contribution in [0.5, 0.6) is 0 Å². The van der Waals surface area contributed by atoms with Crippen LogP contribution in [-0.4, -0.2) is 92.4 Å². The highest BCUT2D eigenvalue weighted by Crippen LogP contribution is 2.21. The molecule has 0 aromatic carbocycles. The van der Waals surface area contributed by atoms with Crippen molar-refractivity contribution >= 4 is 41.9 Å². The standard InChI is InChI=1S/C16H27N5O4.HI/c1-2-17-15(18-5-6-21-14(22)10-19-16(21)23)20-7-9-25-13(11-20)12-4-3-8-24-12;/h12-13H,2-11H2,1H3,(H,17,18)(H,19,23);1H. The fourth-order valence-electron chi connectivity index (χ4n) is 3.35. The molecule has 3 amide bonds. The normalized spacial score (nSPS) is 26.7. The number of hydrogen-bond donors (Lipinski definition) is 2.